The molecule has 0 fully saturated rings. The fraction of sp³-hybridized carbons (Fsp3) is 0.600. The highest BCUT2D eigenvalue weighted by Gasteiger charge is 2.32. The average Bonchev–Trinajstić information content (AvgIpc) is 2.78. The lowest BCUT2D eigenvalue weighted by Gasteiger charge is -2.22. The fourth-order valence-electron chi connectivity index (χ4n) is 1.46. The summed E-state index contributed by atoms with van der Waals surface area (Å²) in [6.07, 6.45) is -3.19. The molecule has 118 valence electrons. The summed E-state index contributed by atoms with van der Waals surface area (Å²) in [5.74, 6) is -1.11. The van der Waals surface area contributed by atoms with Gasteiger partial charge in [0.15, 0.2) is 0 Å². The molecule has 0 radical (unpaired) electrons. The third-order valence-corrected chi connectivity index (χ3v) is 2.34. The molecule has 21 heavy (non-hydrogen) atoms. The Morgan fingerprint density at radius 2 is 2.14 bits per heavy atom. The van der Waals surface area contributed by atoms with Crippen LogP contribution >= 0.6 is 0 Å². The van der Waals surface area contributed by atoms with Gasteiger partial charge in [0, 0.05) is 6.54 Å². The van der Waals surface area contributed by atoms with E-state index in [1.165, 1.54) is 13.1 Å². The SMILES string of the molecule is CCN(CC(F)(F)F)C(=O)NCc1cn(CC(=O)O)nn1. The predicted molar refractivity (Wildman–Crippen MR) is 63.2 cm³/mol. The van der Waals surface area contributed by atoms with E-state index >= 15 is 0 Å². The third-order valence-electron chi connectivity index (χ3n) is 2.34. The monoisotopic (exact) mass is 309 g/mol. The van der Waals surface area contributed by atoms with E-state index in [0.29, 0.717) is 4.90 Å². The quantitative estimate of drug-likeness (QED) is 0.795. The first kappa shape index (κ1) is 16.7. The van der Waals surface area contributed by atoms with E-state index in [1.807, 2.05) is 0 Å². The van der Waals surface area contributed by atoms with Crippen molar-refractivity contribution in [3.8, 4) is 0 Å². The molecular weight excluding hydrogens is 295 g/mol. The summed E-state index contributed by atoms with van der Waals surface area (Å²) in [7, 11) is 0. The Bertz CT molecular complexity index is 502. The van der Waals surface area contributed by atoms with Crippen LogP contribution in [0.3, 0.4) is 0 Å². The number of halogens is 3. The van der Waals surface area contributed by atoms with Crippen LogP contribution in [0.15, 0.2) is 6.20 Å². The van der Waals surface area contributed by atoms with E-state index < -0.39 is 31.3 Å². The van der Waals surface area contributed by atoms with Gasteiger partial charge in [0.1, 0.15) is 18.8 Å². The molecule has 0 saturated heterocycles. The van der Waals surface area contributed by atoms with Gasteiger partial charge in [-0.2, -0.15) is 13.2 Å². The summed E-state index contributed by atoms with van der Waals surface area (Å²) in [4.78, 5) is 22.6. The minimum Gasteiger partial charge on any atom is -0.480 e. The highest BCUT2D eigenvalue weighted by Crippen LogP contribution is 2.16. The van der Waals surface area contributed by atoms with Gasteiger partial charge < -0.3 is 15.3 Å². The number of hydrogen-bond donors (Lipinski definition) is 2. The van der Waals surface area contributed by atoms with Gasteiger partial charge in [-0.25, -0.2) is 9.48 Å². The van der Waals surface area contributed by atoms with Gasteiger partial charge >= 0.3 is 18.2 Å². The molecular formula is C10H14F3N5O3. The number of aliphatic carboxylic acids is 1. The number of urea groups is 1. The van der Waals surface area contributed by atoms with Crippen molar-refractivity contribution in [1.82, 2.24) is 25.2 Å². The van der Waals surface area contributed by atoms with Crippen LogP contribution in [0.25, 0.3) is 0 Å². The fourth-order valence-corrected chi connectivity index (χ4v) is 1.46. The lowest BCUT2D eigenvalue weighted by Crippen LogP contribution is -2.44. The van der Waals surface area contributed by atoms with Gasteiger partial charge in [-0.1, -0.05) is 5.21 Å². The van der Waals surface area contributed by atoms with Crippen molar-refractivity contribution in [1.29, 1.82) is 0 Å². The van der Waals surface area contributed by atoms with Gasteiger partial charge in [0.05, 0.1) is 12.7 Å². The molecule has 1 aromatic heterocycles. The van der Waals surface area contributed by atoms with Crippen molar-refractivity contribution in [2.24, 2.45) is 0 Å². The predicted octanol–water partition coefficient (Wildman–Crippen LogP) is 0.456. The maximum absolute atomic E-state index is 12.2. The molecule has 0 aliphatic rings. The number of rotatable bonds is 6. The molecule has 8 nitrogen and oxygen atoms in total. The summed E-state index contributed by atoms with van der Waals surface area (Å²) in [6, 6.07) is -0.886. The molecule has 1 rings (SSSR count). The van der Waals surface area contributed by atoms with Crippen molar-refractivity contribution < 1.29 is 27.9 Å². The van der Waals surface area contributed by atoms with Crippen LogP contribution in [0.5, 0.6) is 0 Å². The van der Waals surface area contributed by atoms with Crippen LogP contribution in [0, 0.1) is 0 Å². The summed E-state index contributed by atoms with van der Waals surface area (Å²) in [5, 5.41) is 17.9. The lowest BCUT2D eigenvalue weighted by molar-refractivity contribution is -0.140. The molecule has 1 heterocycles. The minimum absolute atomic E-state index is 0.100. The Hall–Kier alpha value is -2.33. The number of aromatic nitrogens is 3. The highest BCUT2D eigenvalue weighted by atomic mass is 19.4. The van der Waals surface area contributed by atoms with Gasteiger partial charge in [-0.3, -0.25) is 4.79 Å². The van der Waals surface area contributed by atoms with Crippen LogP contribution < -0.4 is 5.32 Å². The summed E-state index contributed by atoms with van der Waals surface area (Å²) in [5.41, 5.74) is 0.243. The number of carbonyl (C=O) groups excluding carboxylic acids is 1. The molecule has 0 aromatic carbocycles. The van der Waals surface area contributed by atoms with Gasteiger partial charge in [0.25, 0.3) is 0 Å². The molecule has 0 aliphatic heterocycles. The zero-order valence-corrected chi connectivity index (χ0v) is 11.1. The molecule has 0 spiro atoms. The Kier molecular flexibility index (Phi) is 5.50. The summed E-state index contributed by atoms with van der Waals surface area (Å²) in [6.45, 7) is -0.560. The second-order valence-electron chi connectivity index (χ2n) is 4.09. The van der Waals surface area contributed by atoms with E-state index in [9.17, 15) is 22.8 Å². The number of amides is 2. The van der Waals surface area contributed by atoms with Crippen LogP contribution in [0.2, 0.25) is 0 Å². The van der Waals surface area contributed by atoms with Gasteiger partial charge in [0.2, 0.25) is 0 Å². The van der Waals surface area contributed by atoms with E-state index in [2.05, 4.69) is 15.6 Å². The van der Waals surface area contributed by atoms with Crippen molar-refractivity contribution >= 4 is 12.0 Å². The Morgan fingerprint density at radius 3 is 2.67 bits per heavy atom. The lowest BCUT2D eigenvalue weighted by atomic mass is 10.4. The molecule has 0 saturated carbocycles. The number of carboxylic acids is 1. The highest BCUT2D eigenvalue weighted by molar-refractivity contribution is 5.74. The molecule has 0 atom stereocenters. The van der Waals surface area contributed by atoms with Gasteiger partial charge in [-0.15, -0.1) is 5.10 Å². The number of carbonyl (C=O) groups is 2. The maximum atomic E-state index is 12.2. The summed E-state index contributed by atoms with van der Waals surface area (Å²) >= 11 is 0. The normalized spacial score (nSPS) is 11.2. The van der Waals surface area contributed by atoms with Gasteiger partial charge in [-0.05, 0) is 6.92 Å². The number of nitrogens with one attached hydrogen (secondary N) is 1. The molecule has 2 amide bonds. The number of carboxylic acid groups (broad SMARTS) is 1. The first-order valence-electron chi connectivity index (χ1n) is 5.91. The minimum atomic E-state index is -4.47. The van der Waals surface area contributed by atoms with Crippen molar-refractivity contribution in [2.75, 3.05) is 13.1 Å². The van der Waals surface area contributed by atoms with Crippen LogP contribution in [-0.2, 0) is 17.9 Å². The maximum Gasteiger partial charge on any atom is 0.406 e. The second-order valence-corrected chi connectivity index (χ2v) is 4.09. The molecule has 0 bridgehead atoms. The first-order chi connectivity index (χ1) is 9.71. The van der Waals surface area contributed by atoms with Crippen molar-refractivity contribution in [3.05, 3.63) is 11.9 Å². The van der Waals surface area contributed by atoms with E-state index in [-0.39, 0.29) is 18.8 Å². The zero-order valence-electron chi connectivity index (χ0n) is 11.1. The molecule has 11 heteroatoms. The summed E-state index contributed by atoms with van der Waals surface area (Å²) < 4.78 is 37.8. The van der Waals surface area contributed by atoms with Crippen LogP contribution in [0.4, 0.5) is 18.0 Å². The van der Waals surface area contributed by atoms with E-state index in [4.69, 9.17) is 5.11 Å². The number of hydrogen-bond acceptors (Lipinski definition) is 4. The average molecular weight is 309 g/mol. The smallest absolute Gasteiger partial charge is 0.406 e. The van der Waals surface area contributed by atoms with E-state index in [1.54, 1.807) is 0 Å². The first-order valence-corrected chi connectivity index (χ1v) is 5.91. The standard InChI is InChI=1S/C10H14F3N5O3/c1-2-17(6-10(11,12)13)9(21)14-3-7-4-18(16-15-7)5-8(19)20/h4H,2-3,5-6H2,1H3,(H,14,21)(H,19,20). The number of nitrogens with zero attached hydrogens (tertiary/aromatic N) is 4. The number of alkyl halides is 3. The molecule has 0 unspecified atom stereocenters. The van der Waals surface area contributed by atoms with E-state index in [0.717, 1.165) is 4.68 Å². The Morgan fingerprint density at radius 1 is 1.48 bits per heavy atom. The Balaban J connectivity index is 2.51. The molecule has 0 aliphatic carbocycles. The topological polar surface area (TPSA) is 100 Å². The van der Waals surface area contributed by atoms with Crippen LogP contribution in [-0.4, -0.2) is 56.3 Å². The zero-order chi connectivity index (χ0) is 16.0. The molecule has 1 aromatic rings. The van der Waals surface area contributed by atoms with Crippen molar-refractivity contribution in [3.63, 3.8) is 0 Å². The molecule has 2 N–H and O–H groups in total. The van der Waals surface area contributed by atoms with Crippen LogP contribution in [0.1, 0.15) is 12.6 Å². The van der Waals surface area contributed by atoms with Crippen molar-refractivity contribution in [2.45, 2.75) is 26.2 Å². The third kappa shape index (κ3) is 6.10. The largest absolute Gasteiger partial charge is 0.480 e. The second kappa shape index (κ2) is 6.90. The Labute approximate surface area is 117 Å².